The van der Waals surface area contributed by atoms with Crippen molar-refractivity contribution >= 4 is 18.0 Å². The Hall–Kier alpha value is -3.13. The smallest absolute Gasteiger partial charge is 0.346 e. The number of nitriles is 1. The molecule has 0 saturated heterocycles. The summed E-state index contributed by atoms with van der Waals surface area (Å²) in [5.74, 6) is -1.60. The maximum Gasteiger partial charge on any atom is 0.346 e. The summed E-state index contributed by atoms with van der Waals surface area (Å²) in [7, 11) is 0. The Morgan fingerprint density at radius 3 is 2.48 bits per heavy atom. The second-order valence-electron chi connectivity index (χ2n) is 4.50. The lowest BCUT2D eigenvalue weighted by Gasteiger charge is -2.02. The number of carboxylic acid groups (broad SMARTS) is 1. The standard InChI is InChI=1S/C18H17NO4/c1-2-12-23-18(22)15-10-8-14(9-11-15)6-4-3-5-7-16(13-19)17(20)21/h3-11H,2,12H2,1H3,(H,20,21). The number of carbonyl (C=O) groups excluding carboxylic acids is 1. The Balaban J connectivity index is 2.63. The van der Waals surface area contributed by atoms with Gasteiger partial charge in [-0.1, -0.05) is 43.4 Å². The van der Waals surface area contributed by atoms with Crippen molar-refractivity contribution in [3.05, 3.63) is 65.3 Å². The molecule has 0 unspecified atom stereocenters. The largest absolute Gasteiger partial charge is 0.477 e. The monoisotopic (exact) mass is 311 g/mol. The van der Waals surface area contributed by atoms with Crippen LogP contribution in [0.1, 0.15) is 29.3 Å². The minimum Gasteiger partial charge on any atom is -0.477 e. The first kappa shape index (κ1) is 17.9. The van der Waals surface area contributed by atoms with Gasteiger partial charge in [-0.05, 0) is 30.2 Å². The molecule has 0 radical (unpaired) electrons. The number of hydrogen-bond donors (Lipinski definition) is 1. The molecule has 0 aliphatic heterocycles. The third-order valence-electron chi connectivity index (χ3n) is 2.71. The normalized spacial score (nSPS) is 11.6. The van der Waals surface area contributed by atoms with Crippen LogP contribution in [0.3, 0.4) is 0 Å². The maximum atomic E-state index is 11.6. The van der Waals surface area contributed by atoms with E-state index in [9.17, 15) is 9.59 Å². The van der Waals surface area contributed by atoms with Gasteiger partial charge in [0.15, 0.2) is 0 Å². The molecule has 0 aliphatic carbocycles. The molecule has 0 fully saturated rings. The van der Waals surface area contributed by atoms with Crippen LogP contribution in [0.15, 0.2) is 54.1 Å². The van der Waals surface area contributed by atoms with Crippen LogP contribution in [0, 0.1) is 11.3 Å². The molecule has 23 heavy (non-hydrogen) atoms. The van der Waals surface area contributed by atoms with Crippen LogP contribution in [-0.2, 0) is 9.53 Å². The fraction of sp³-hybridized carbons (Fsp3) is 0.167. The third kappa shape index (κ3) is 6.44. The Morgan fingerprint density at radius 1 is 1.22 bits per heavy atom. The number of allylic oxidation sites excluding steroid dienone is 4. The molecule has 0 atom stereocenters. The van der Waals surface area contributed by atoms with Crippen molar-refractivity contribution < 1.29 is 19.4 Å². The lowest BCUT2D eigenvalue weighted by atomic mass is 10.1. The average Bonchev–Trinajstić information content (AvgIpc) is 2.56. The molecule has 1 rings (SSSR count). The zero-order chi connectivity index (χ0) is 17.1. The predicted molar refractivity (Wildman–Crippen MR) is 86.5 cm³/mol. The molecule has 0 aromatic heterocycles. The molecule has 0 amide bonds. The number of rotatable bonds is 7. The second kappa shape index (κ2) is 9.74. The minimum atomic E-state index is -1.26. The van der Waals surface area contributed by atoms with E-state index in [1.807, 2.05) is 6.92 Å². The van der Waals surface area contributed by atoms with Gasteiger partial charge in [-0.25, -0.2) is 9.59 Å². The first-order valence-corrected chi connectivity index (χ1v) is 7.04. The molecule has 1 aromatic rings. The van der Waals surface area contributed by atoms with E-state index in [0.717, 1.165) is 12.0 Å². The molecule has 5 nitrogen and oxygen atoms in total. The van der Waals surface area contributed by atoms with Crippen molar-refractivity contribution in [2.24, 2.45) is 0 Å². The number of carboxylic acids is 1. The number of carbonyl (C=O) groups is 2. The van der Waals surface area contributed by atoms with Crippen LogP contribution < -0.4 is 0 Å². The van der Waals surface area contributed by atoms with Gasteiger partial charge < -0.3 is 9.84 Å². The van der Waals surface area contributed by atoms with E-state index in [1.165, 1.54) is 12.2 Å². The second-order valence-corrected chi connectivity index (χ2v) is 4.50. The van der Waals surface area contributed by atoms with Gasteiger partial charge in [-0.3, -0.25) is 0 Å². The number of ether oxygens (including phenoxy) is 1. The molecule has 1 N–H and O–H groups in total. The molecule has 0 bridgehead atoms. The first-order valence-electron chi connectivity index (χ1n) is 7.04. The predicted octanol–water partition coefficient (Wildman–Crippen LogP) is 3.36. The quantitative estimate of drug-likeness (QED) is 0.361. The lowest BCUT2D eigenvalue weighted by molar-refractivity contribution is -0.132. The molecule has 0 saturated carbocycles. The molecule has 0 spiro atoms. The highest BCUT2D eigenvalue weighted by Gasteiger charge is 2.05. The van der Waals surface area contributed by atoms with Gasteiger partial charge in [0.25, 0.3) is 0 Å². The topological polar surface area (TPSA) is 87.4 Å². The van der Waals surface area contributed by atoms with Crippen molar-refractivity contribution in [3.8, 4) is 6.07 Å². The average molecular weight is 311 g/mol. The number of nitrogens with zero attached hydrogens (tertiary/aromatic N) is 1. The third-order valence-corrected chi connectivity index (χ3v) is 2.71. The van der Waals surface area contributed by atoms with Crippen LogP contribution in [0.2, 0.25) is 0 Å². The van der Waals surface area contributed by atoms with Gasteiger partial charge in [0.2, 0.25) is 0 Å². The van der Waals surface area contributed by atoms with Gasteiger partial charge in [0, 0.05) is 0 Å². The first-order chi connectivity index (χ1) is 11.1. The summed E-state index contributed by atoms with van der Waals surface area (Å²) in [6, 6.07) is 8.50. The zero-order valence-corrected chi connectivity index (χ0v) is 12.7. The van der Waals surface area contributed by atoms with Crippen LogP contribution in [0.4, 0.5) is 0 Å². The molecular formula is C18H17NO4. The summed E-state index contributed by atoms with van der Waals surface area (Å²) in [5, 5.41) is 17.2. The maximum absolute atomic E-state index is 11.6. The molecule has 0 aliphatic rings. The summed E-state index contributed by atoms with van der Waals surface area (Å²) in [5.41, 5.74) is 1.04. The van der Waals surface area contributed by atoms with Crippen LogP contribution in [0.25, 0.3) is 6.08 Å². The van der Waals surface area contributed by atoms with E-state index in [4.69, 9.17) is 15.1 Å². The van der Waals surface area contributed by atoms with E-state index in [-0.39, 0.29) is 11.5 Å². The summed E-state index contributed by atoms with van der Waals surface area (Å²) < 4.78 is 5.03. The zero-order valence-electron chi connectivity index (χ0n) is 12.7. The van der Waals surface area contributed by atoms with Crippen LogP contribution in [-0.4, -0.2) is 23.7 Å². The van der Waals surface area contributed by atoms with E-state index in [0.29, 0.717) is 12.2 Å². The summed E-state index contributed by atoms with van der Waals surface area (Å²) in [4.78, 5) is 22.2. The number of aliphatic carboxylic acids is 1. The van der Waals surface area contributed by atoms with Crippen molar-refractivity contribution in [1.82, 2.24) is 0 Å². The van der Waals surface area contributed by atoms with Crippen molar-refractivity contribution in [2.45, 2.75) is 13.3 Å². The van der Waals surface area contributed by atoms with E-state index >= 15 is 0 Å². The summed E-state index contributed by atoms with van der Waals surface area (Å²) in [6.07, 6.45) is 8.58. The van der Waals surface area contributed by atoms with Crippen molar-refractivity contribution in [1.29, 1.82) is 5.26 Å². The molecule has 118 valence electrons. The fourth-order valence-electron chi connectivity index (χ4n) is 1.55. The molecule has 0 heterocycles. The van der Waals surface area contributed by atoms with Gasteiger partial charge in [-0.2, -0.15) is 5.26 Å². The molecular weight excluding hydrogens is 294 g/mol. The highest BCUT2D eigenvalue weighted by molar-refractivity contribution is 5.91. The minimum absolute atomic E-state index is 0.329. The van der Waals surface area contributed by atoms with E-state index < -0.39 is 5.97 Å². The Morgan fingerprint density at radius 2 is 1.91 bits per heavy atom. The SMILES string of the molecule is CCCOC(=O)c1ccc(C=CC=CC=C(C#N)C(=O)O)cc1. The fourth-order valence-corrected chi connectivity index (χ4v) is 1.55. The van der Waals surface area contributed by atoms with E-state index in [2.05, 4.69) is 0 Å². The van der Waals surface area contributed by atoms with Crippen LogP contribution in [0.5, 0.6) is 0 Å². The summed E-state index contributed by atoms with van der Waals surface area (Å²) in [6.45, 7) is 2.33. The number of benzene rings is 1. The highest BCUT2D eigenvalue weighted by atomic mass is 16.5. The molecule has 5 heteroatoms. The van der Waals surface area contributed by atoms with Gasteiger partial charge in [-0.15, -0.1) is 0 Å². The Kier molecular flexibility index (Phi) is 7.59. The number of esters is 1. The van der Waals surface area contributed by atoms with Gasteiger partial charge >= 0.3 is 11.9 Å². The van der Waals surface area contributed by atoms with Crippen molar-refractivity contribution in [2.75, 3.05) is 6.61 Å². The number of hydrogen-bond acceptors (Lipinski definition) is 4. The highest BCUT2D eigenvalue weighted by Crippen LogP contribution is 2.08. The lowest BCUT2D eigenvalue weighted by Crippen LogP contribution is -2.05. The Bertz CT molecular complexity index is 676. The van der Waals surface area contributed by atoms with Gasteiger partial charge in [0.1, 0.15) is 11.6 Å². The van der Waals surface area contributed by atoms with E-state index in [1.54, 1.807) is 48.6 Å². The van der Waals surface area contributed by atoms with Crippen molar-refractivity contribution in [3.63, 3.8) is 0 Å². The summed E-state index contributed by atoms with van der Waals surface area (Å²) >= 11 is 0. The Labute approximate surface area is 134 Å². The van der Waals surface area contributed by atoms with Gasteiger partial charge in [0.05, 0.1) is 12.2 Å². The van der Waals surface area contributed by atoms with Crippen LogP contribution >= 0.6 is 0 Å². The molecule has 1 aromatic carbocycles.